The summed E-state index contributed by atoms with van der Waals surface area (Å²) < 4.78 is 0. The quantitative estimate of drug-likeness (QED) is 0.353. The molecule has 0 amide bonds. The lowest BCUT2D eigenvalue weighted by atomic mass is 10.1. The van der Waals surface area contributed by atoms with Crippen molar-refractivity contribution in [3.63, 3.8) is 0 Å². The Morgan fingerprint density at radius 2 is 1.81 bits per heavy atom. The van der Waals surface area contributed by atoms with E-state index in [1.54, 1.807) is 0 Å². The molecule has 3 heteroatoms. The zero-order valence-electron chi connectivity index (χ0n) is 9.75. The van der Waals surface area contributed by atoms with E-state index in [9.17, 15) is 4.79 Å². The van der Waals surface area contributed by atoms with E-state index in [0.717, 1.165) is 17.4 Å². The number of rotatable bonds is 2. The van der Waals surface area contributed by atoms with E-state index >= 15 is 0 Å². The molecule has 1 aromatic rings. The van der Waals surface area contributed by atoms with Gasteiger partial charge in [-0.3, -0.25) is 0 Å². The van der Waals surface area contributed by atoms with Crippen molar-refractivity contribution in [2.75, 3.05) is 0 Å². The molecule has 1 nitrogen and oxygen atoms in total. The summed E-state index contributed by atoms with van der Waals surface area (Å²) in [6, 6.07) is 7.78. The lowest BCUT2D eigenvalue weighted by molar-refractivity contribution is -0.107. The van der Waals surface area contributed by atoms with Gasteiger partial charge in [-0.05, 0) is 17.7 Å². The highest BCUT2D eigenvalue weighted by Crippen LogP contribution is 2.19. The van der Waals surface area contributed by atoms with E-state index in [0.29, 0.717) is 0 Å². The largest absolute Gasteiger partial charge is 0.302 e. The Labute approximate surface area is 106 Å². The van der Waals surface area contributed by atoms with Crippen LogP contribution in [0.25, 0.3) is 0 Å². The van der Waals surface area contributed by atoms with Crippen molar-refractivity contribution in [1.29, 1.82) is 0 Å². The van der Waals surface area contributed by atoms with Gasteiger partial charge in [0, 0.05) is 5.56 Å². The van der Waals surface area contributed by atoms with Crippen LogP contribution in [0.5, 0.6) is 0 Å². The van der Waals surface area contributed by atoms with Crippen molar-refractivity contribution in [2.24, 2.45) is 0 Å². The molecule has 0 aromatic heterocycles. The predicted octanol–water partition coefficient (Wildman–Crippen LogP) is 3.55. The third kappa shape index (κ3) is 4.34. The summed E-state index contributed by atoms with van der Waals surface area (Å²) in [5.74, 6) is 3.18. The molecule has 0 fully saturated rings. The molecule has 1 aromatic carbocycles. The Morgan fingerprint density at radius 1 is 1.25 bits per heavy atom. The van der Waals surface area contributed by atoms with Crippen LogP contribution >= 0.6 is 15.9 Å². The van der Waals surface area contributed by atoms with Gasteiger partial charge in [0.2, 0.25) is 0 Å². The van der Waals surface area contributed by atoms with Gasteiger partial charge in [0.15, 0.2) is 0 Å². The number of aldehydes is 1. The van der Waals surface area contributed by atoms with Gasteiger partial charge in [-0.2, -0.15) is 0 Å². The summed E-state index contributed by atoms with van der Waals surface area (Å²) in [5, 5.41) is 0. The van der Waals surface area contributed by atoms with Crippen LogP contribution in [-0.4, -0.2) is 14.4 Å². The van der Waals surface area contributed by atoms with E-state index in [1.807, 2.05) is 24.3 Å². The molecule has 0 aliphatic heterocycles. The second-order valence-electron chi connectivity index (χ2n) is 4.66. The van der Waals surface area contributed by atoms with Crippen molar-refractivity contribution in [3.8, 4) is 11.5 Å². The molecule has 1 atom stereocenters. The van der Waals surface area contributed by atoms with Gasteiger partial charge in [-0.25, -0.2) is 0 Å². The molecular formula is C13H15BrOSi. The Bertz CT molecular complexity index is 420. The van der Waals surface area contributed by atoms with Gasteiger partial charge in [-0.15, -0.1) is 5.54 Å². The van der Waals surface area contributed by atoms with E-state index in [1.165, 1.54) is 0 Å². The molecule has 0 unspecified atom stereocenters. The second kappa shape index (κ2) is 5.47. The first-order valence-corrected chi connectivity index (χ1v) is 9.56. The van der Waals surface area contributed by atoms with Crippen LogP contribution in [0.15, 0.2) is 24.3 Å². The van der Waals surface area contributed by atoms with Crippen LogP contribution < -0.4 is 0 Å². The molecule has 0 saturated heterocycles. The minimum atomic E-state index is -1.31. The lowest BCUT2D eigenvalue weighted by Gasteiger charge is -2.04. The molecule has 0 N–H and O–H groups in total. The van der Waals surface area contributed by atoms with Gasteiger partial charge in [0.1, 0.15) is 14.4 Å². The number of benzene rings is 1. The highest BCUT2D eigenvalue weighted by Gasteiger charge is 2.07. The minimum absolute atomic E-state index is 0.216. The minimum Gasteiger partial charge on any atom is -0.302 e. The van der Waals surface area contributed by atoms with E-state index < -0.39 is 8.07 Å². The number of alkyl halides is 1. The van der Waals surface area contributed by atoms with Gasteiger partial charge in [-0.1, -0.05) is 53.6 Å². The van der Waals surface area contributed by atoms with Gasteiger partial charge in [0.25, 0.3) is 0 Å². The first-order valence-electron chi connectivity index (χ1n) is 5.15. The standard InChI is InChI=1S/C13H15BrOSi/c1-16(2,3)9-8-11-4-6-12(7-5-11)13(14)10-15/h4-7,10,13H,1-3H3/t13-/m1/s1. The van der Waals surface area contributed by atoms with Crippen LogP contribution in [0, 0.1) is 11.5 Å². The monoisotopic (exact) mass is 294 g/mol. The summed E-state index contributed by atoms with van der Waals surface area (Å²) in [4.78, 5) is 10.4. The first-order chi connectivity index (χ1) is 7.42. The molecule has 0 radical (unpaired) electrons. The molecule has 0 bridgehead atoms. The molecule has 1 rings (SSSR count). The summed E-state index contributed by atoms with van der Waals surface area (Å²) in [7, 11) is -1.31. The fraction of sp³-hybridized carbons (Fsp3) is 0.308. The Morgan fingerprint density at radius 3 is 2.25 bits per heavy atom. The third-order valence-electron chi connectivity index (χ3n) is 1.93. The maximum atomic E-state index is 10.6. The molecular weight excluding hydrogens is 280 g/mol. The number of carbonyl (C=O) groups is 1. The molecule has 0 aliphatic rings. The predicted molar refractivity (Wildman–Crippen MR) is 74.4 cm³/mol. The topological polar surface area (TPSA) is 17.1 Å². The molecule has 84 valence electrons. The van der Waals surface area contributed by atoms with Crippen molar-refractivity contribution in [1.82, 2.24) is 0 Å². The average Bonchev–Trinajstić information content (AvgIpc) is 2.25. The van der Waals surface area contributed by atoms with Gasteiger partial charge in [0.05, 0.1) is 4.83 Å². The van der Waals surface area contributed by atoms with Gasteiger partial charge < -0.3 is 4.79 Å². The number of hydrogen-bond acceptors (Lipinski definition) is 1. The fourth-order valence-corrected chi connectivity index (χ4v) is 1.91. The smallest absolute Gasteiger partial charge is 0.138 e. The molecule has 0 aliphatic carbocycles. The van der Waals surface area contributed by atoms with E-state index in [-0.39, 0.29) is 4.83 Å². The second-order valence-corrected chi connectivity index (χ2v) is 10.4. The van der Waals surface area contributed by atoms with Crippen molar-refractivity contribution in [2.45, 2.75) is 24.5 Å². The number of carbonyl (C=O) groups excluding carboxylic acids is 1. The van der Waals surface area contributed by atoms with Crippen LogP contribution in [0.3, 0.4) is 0 Å². The zero-order chi connectivity index (χ0) is 12.2. The lowest BCUT2D eigenvalue weighted by Crippen LogP contribution is -2.16. The molecule has 0 spiro atoms. The maximum Gasteiger partial charge on any atom is 0.138 e. The van der Waals surface area contributed by atoms with Crippen molar-refractivity contribution < 1.29 is 4.79 Å². The fourth-order valence-electron chi connectivity index (χ4n) is 1.09. The number of hydrogen-bond donors (Lipinski definition) is 0. The van der Waals surface area contributed by atoms with Crippen LogP contribution in [0.1, 0.15) is 16.0 Å². The van der Waals surface area contributed by atoms with Gasteiger partial charge >= 0.3 is 0 Å². The summed E-state index contributed by atoms with van der Waals surface area (Å²) in [5.41, 5.74) is 5.29. The van der Waals surface area contributed by atoms with Crippen LogP contribution in [0.2, 0.25) is 19.6 Å². The highest BCUT2D eigenvalue weighted by molar-refractivity contribution is 9.09. The van der Waals surface area contributed by atoms with Crippen molar-refractivity contribution >= 4 is 30.3 Å². The number of halogens is 1. The van der Waals surface area contributed by atoms with Crippen LogP contribution in [0.4, 0.5) is 0 Å². The molecule has 16 heavy (non-hydrogen) atoms. The molecule has 0 heterocycles. The SMILES string of the molecule is C[Si](C)(C)C#Cc1ccc([C@H](Br)C=O)cc1. The maximum absolute atomic E-state index is 10.6. The first kappa shape index (κ1) is 13.2. The highest BCUT2D eigenvalue weighted by atomic mass is 79.9. The molecule has 0 saturated carbocycles. The summed E-state index contributed by atoms with van der Waals surface area (Å²) >= 11 is 3.28. The summed E-state index contributed by atoms with van der Waals surface area (Å²) in [6.45, 7) is 6.65. The Hall–Kier alpha value is -0.853. The Balaban J connectivity index is 2.86. The zero-order valence-corrected chi connectivity index (χ0v) is 12.3. The normalized spacial score (nSPS) is 12.5. The summed E-state index contributed by atoms with van der Waals surface area (Å²) in [6.07, 6.45) is 0.878. The van der Waals surface area contributed by atoms with Crippen molar-refractivity contribution in [3.05, 3.63) is 35.4 Å². The average molecular weight is 295 g/mol. The Kier molecular flexibility index (Phi) is 4.52. The van der Waals surface area contributed by atoms with E-state index in [2.05, 4.69) is 47.0 Å². The third-order valence-corrected chi connectivity index (χ3v) is 3.55. The van der Waals surface area contributed by atoms with E-state index in [4.69, 9.17) is 0 Å². The van der Waals surface area contributed by atoms with Crippen LogP contribution in [-0.2, 0) is 4.79 Å².